The molecule has 1 unspecified atom stereocenters. The number of aryl methyl sites for hydroxylation is 1. The number of carboxylic acids is 1. The number of hydrogen-bond acceptors (Lipinski definition) is 6. The number of nitrogens with one attached hydrogen (secondary N) is 1. The lowest BCUT2D eigenvalue weighted by Crippen LogP contribution is -2.42. The summed E-state index contributed by atoms with van der Waals surface area (Å²) < 4.78 is 48.1. The number of aromatic nitrogens is 2. The highest BCUT2D eigenvalue weighted by atomic mass is 32.2. The number of nitrogens with zero attached hydrogens (tertiary/aromatic N) is 2. The van der Waals surface area contributed by atoms with E-state index in [0.29, 0.717) is 5.56 Å². The lowest BCUT2D eigenvalue weighted by Gasteiger charge is -2.16. The second-order valence-corrected chi connectivity index (χ2v) is 10.9. The van der Waals surface area contributed by atoms with E-state index in [2.05, 4.69) is 14.9 Å². The van der Waals surface area contributed by atoms with Crippen LogP contribution in [0.3, 0.4) is 0 Å². The summed E-state index contributed by atoms with van der Waals surface area (Å²) in [6.45, 7) is 6.01. The molecular weight excluding hydrogens is 509 g/mol. The Morgan fingerprint density at radius 1 is 1.03 bits per heavy atom. The van der Waals surface area contributed by atoms with Gasteiger partial charge in [-0.3, -0.25) is 4.79 Å². The van der Waals surface area contributed by atoms with Gasteiger partial charge in [0.2, 0.25) is 15.8 Å². The van der Waals surface area contributed by atoms with Crippen molar-refractivity contribution in [3.05, 3.63) is 89.2 Å². The van der Waals surface area contributed by atoms with Gasteiger partial charge in [0.05, 0.1) is 10.5 Å². The quantitative estimate of drug-likeness (QED) is 0.285. The maximum absolute atomic E-state index is 15.0. The average Bonchev–Trinajstić information content (AvgIpc) is 3.38. The molecule has 0 saturated heterocycles. The van der Waals surface area contributed by atoms with E-state index in [9.17, 15) is 22.7 Å². The van der Waals surface area contributed by atoms with Crippen LogP contribution in [-0.2, 0) is 27.7 Å². The third-order valence-corrected chi connectivity index (χ3v) is 7.69. The standard InChI is InChI=1S/C28H28FN3O5S/c1-4-18-5-8-21(9-6-18)27-30-26(31-37-27)23-14-7-19(15-24(23)29)16-25(28(33)34)32-38(35,36)22-12-10-20(11-13-22)17(2)3/h5-15,17,25,32H,4,16H2,1-3H3,(H,33,34). The Hall–Kier alpha value is -3.89. The molecule has 0 spiro atoms. The second kappa shape index (κ2) is 11.2. The monoisotopic (exact) mass is 537 g/mol. The molecule has 0 aliphatic rings. The summed E-state index contributed by atoms with van der Waals surface area (Å²) in [5, 5.41) is 13.5. The van der Waals surface area contributed by atoms with E-state index in [1.807, 2.05) is 45.0 Å². The Morgan fingerprint density at radius 2 is 1.68 bits per heavy atom. The minimum Gasteiger partial charge on any atom is -0.480 e. The van der Waals surface area contributed by atoms with Crippen molar-refractivity contribution in [2.45, 2.75) is 50.5 Å². The molecule has 1 aromatic heterocycles. The molecule has 2 N–H and O–H groups in total. The van der Waals surface area contributed by atoms with Gasteiger partial charge in [-0.1, -0.05) is 56.3 Å². The van der Waals surface area contributed by atoms with E-state index in [0.717, 1.165) is 23.6 Å². The van der Waals surface area contributed by atoms with E-state index in [4.69, 9.17) is 4.52 Å². The van der Waals surface area contributed by atoms with Gasteiger partial charge in [0, 0.05) is 5.56 Å². The van der Waals surface area contributed by atoms with Crippen LogP contribution in [0.15, 0.2) is 76.1 Å². The fourth-order valence-corrected chi connectivity index (χ4v) is 5.09. The van der Waals surface area contributed by atoms with E-state index >= 15 is 0 Å². The zero-order valence-electron chi connectivity index (χ0n) is 21.2. The fourth-order valence-electron chi connectivity index (χ4n) is 3.90. The number of hydrogen-bond donors (Lipinski definition) is 2. The molecule has 0 fully saturated rings. The SMILES string of the molecule is CCc1ccc(-c2nc(-c3ccc(CC(NS(=O)(=O)c4ccc(C(C)C)cc4)C(=O)O)cc3F)no2)cc1. The predicted octanol–water partition coefficient (Wildman–Crippen LogP) is 5.20. The van der Waals surface area contributed by atoms with Gasteiger partial charge < -0.3 is 9.63 Å². The fraction of sp³-hybridized carbons (Fsp3) is 0.250. The van der Waals surface area contributed by atoms with Crippen molar-refractivity contribution in [2.75, 3.05) is 0 Å². The molecule has 0 bridgehead atoms. The summed E-state index contributed by atoms with van der Waals surface area (Å²) in [5.41, 5.74) is 3.17. The number of sulfonamides is 1. The third-order valence-electron chi connectivity index (χ3n) is 6.20. The number of halogens is 1. The number of benzene rings is 3. The Kier molecular flexibility index (Phi) is 8.03. The van der Waals surface area contributed by atoms with Crippen LogP contribution in [0.2, 0.25) is 0 Å². The zero-order chi connectivity index (χ0) is 27.4. The van der Waals surface area contributed by atoms with Crippen LogP contribution >= 0.6 is 0 Å². The number of carboxylic acid groups (broad SMARTS) is 1. The molecule has 1 heterocycles. The molecule has 0 saturated carbocycles. The molecule has 38 heavy (non-hydrogen) atoms. The summed E-state index contributed by atoms with van der Waals surface area (Å²) in [4.78, 5) is 16.1. The molecule has 4 rings (SSSR count). The Bertz CT molecular complexity index is 1530. The Morgan fingerprint density at radius 3 is 2.26 bits per heavy atom. The first-order valence-corrected chi connectivity index (χ1v) is 13.6. The van der Waals surface area contributed by atoms with Gasteiger partial charge >= 0.3 is 5.97 Å². The van der Waals surface area contributed by atoms with E-state index in [1.165, 1.54) is 24.3 Å². The summed E-state index contributed by atoms with van der Waals surface area (Å²) in [7, 11) is -4.11. The van der Waals surface area contributed by atoms with E-state index in [-0.39, 0.29) is 40.1 Å². The highest BCUT2D eigenvalue weighted by Gasteiger charge is 2.26. The molecule has 3 aromatic carbocycles. The van der Waals surface area contributed by atoms with Crippen molar-refractivity contribution in [2.24, 2.45) is 0 Å². The van der Waals surface area contributed by atoms with Crippen molar-refractivity contribution >= 4 is 16.0 Å². The minimum atomic E-state index is -4.11. The lowest BCUT2D eigenvalue weighted by atomic mass is 10.0. The van der Waals surface area contributed by atoms with Crippen LogP contribution in [0.1, 0.15) is 43.4 Å². The topological polar surface area (TPSA) is 122 Å². The molecule has 1 atom stereocenters. The summed E-state index contributed by atoms with van der Waals surface area (Å²) in [5.74, 6) is -1.56. The number of aliphatic carboxylic acids is 1. The van der Waals surface area contributed by atoms with Crippen molar-refractivity contribution in [3.63, 3.8) is 0 Å². The maximum atomic E-state index is 15.0. The normalized spacial score (nSPS) is 12.6. The third kappa shape index (κ3) is 6.15. The Balaban J connectivity index is 1.50. The minimum absolute atomic E-state index is 0.0453. The van der Waals surface area contributed by atoms with Crippen LogP contribution in [0.25, 0.3) is 22.8 Å². The molecule has 0 amide bonds. The van der Waals surface area contributed by atoms with E-state index in [1.54, 1.807) is 12.1 Å². The van der Waals surface area contributed by atoms with Gasteiger partial charge in [-0.25, -0.2) is 12.8 Å². The summed E-state index contributed by atoms with van der Waals surface area (Å²) in [6, 6.07) is 16.4. The van der Waals surface area contributed by atoms with Crippen LogP contribution < -0.4 is 4.72 Å². The highest BCUT2D eigenvalue weighted by Crippen LogP contribution is 2.26. The van der Waals surface area contributed by atoms with Gasteiger partial charge in [0.15, 0.2) is 0 Å². The van der Waals surface area contributed by atoms with E-state index < -0.39 is 27.9 Å². The number of carbonyl (C=O) groups is 1. The molecular formula is C28H28FN3O5S. The van der Waals surface area contributed by atoms with Gasteiger partial charge in [-0.15, -0.1) is 0 Å². The molecule has 4 aromatic rings. The van der Waals surface area contributed by atoms with Crippen molar-refractivity contribution < 1.29 is 27.2 Å². The first kappa shape index (κ1) is 27.2. The van der Waals surface area contributed by atoms with Crippen LogP contribution in [0, 0.1) is 5.82 Å². The average molecular weight is 538 g/mol. The first-order valence-electron chi connectivity index (χ1n) is 12.1. The zero-order valence-corrected chi connectivity index (χ0v) is 22.0. The second-order valence-electron chi connectivity index (χ2n) is 9.23. The van der Waals surface area contributed by atoms with Gasteiger partial charge in [-0.05, 0) is 71.8 Å². The van der Waals surface area contributed by atoms with Gasteiger partial charge in [-0.2, -0.15) is 9.71 Å². The highest BCUT2D eigenvalue weighted by molar-refractivity contribution is 7.89. The van der Waals surface area contributed by atoms with Crippen molar-refractivity contribution in [1.82, 2.24) is 14.9 Å². The summed E-state index contributed by atoms with van der Waals surface area (Å²) in [6.07, 6.45) is 0.625. The molecule has 10 heteroatoms. The largest absolute Gasteiger partial charge is 0.480 e. The van der Waals surface area contributed by atoms with Gasteiger partial charge in [0.25, 0.3) is 5.89 Å². The molecule has 0 aliphatic carbocycles. The van der Waals surface area contributed by atoms with Crippen molar-refractivity contribution in [1.29, 1.82) is 0 Å². The van der Waals surface area contributed by atoms with Crippen molar-refractivity contribution in [3.8, 4) is 22.8 Å². The Labute approximate surface area is 220 Å². The molecule has 198 valence electrons. The van der Waals surface area contributed by atoms with Crippen LogP contribution in [-0.4, -0.2) is 35.7 Å². The summed E-state index contributed by atoms with van der Waals surface area (Å²) >= 11 is 0. The molecule has 8 nitrogen and oxygen atoms in total. The predicted molar refractivity (Wildman–Crippen MR) is 140 cm³/mol. The maximum Gasteiger partial charge on any atom is 0.322 e. The molecule has 0 radical (unpaired) electrons. The van der Waals surface area contributed by atoms with Gasteiger partial charge in [0.1, 0.15) is 11.9 Å². The smallest absolute Gasteiger partial charge is 0.322 e. The molecule has 0 aliphatic heterocycles. The number of rotatable bonds is 10. The van der Waals surface area contributed by atoms with Crippen LogP contribution in [0.4, 0.5) is 4.39 Å². The first-order chi connectivity index (χ1) is 18.1. The van der Waals surface area contributed by atoms with Crippen LogP contribution in [0.5, 0.6) is 0 Å². The lowest BCUT2D eigenvalue weighted by molar-refractivity contribution is -0.138.